The molecule has 0 bridgehead atoms. The summed E-state index contributed by atoms with van der Waals surface area (Å²) < 4.78 is 14.1. The van der Waals surface area contributed by atoms with Crippen molar-refractivity contribution in [2.24, 2.45) is 17.8 Å². The maximum Gasteiger partial charge on any atom is 0.126 e. The second kappa shape index (κ2) is 13.5. The lowest BCUT2D eigenvalue weighted by Gasteiger charge is -2.38. The van der Waals surface area contributed by atoms with Gasteiger partial charge in [-0.25, -0.2) is 4.39 Å². The van der Waals surface area contributed by atoms with E-state index in [2.05, 4.69) is 6.92 Å². The van der Waals surface area contributed by atoms with E-state index in [-0.39, 0.29) is 5.82 Å². The van der Waals surface area contributed by atoms with Gasteiger partial charge in [-0.15, -0.1) is 0 Å². The van der Waals surface area contributed by atoms with Gasteiger partial charge in [-0.2, -0.15) is 0 Å². The van der Waals surface area contributed by atoms with E-state index in [0.717, 1.165) is 23.3 Å². The van der Waals surface area contributed by atoms with Crippen LogP contribution in [0.15, 0.2) is 24.3 Å². The molecule has 0 nitrogen and oxygen atoms in total. The monoisotopic (exact) mass is 414 g/mol. The first-order valence-corrected chi connectivity index (χ1v) is 13.5. The number of benzene rings is 1. The summed E-state index contributed by atoms with van der Waals surface area (Å²) in [6, 6.07) is 7.46. The zero-order valence-electron chi connectivity index (χ0n) is 19.7. The van der Waals surface area contributed by atoms with E-state index < -0.39 is 0 Å². The van der Waals surface area contributed by atoms with Crippen LogP contribution >= 0.6 is 0 Å². The number of hydrogen-bond donors (Lipinski definition) is 0. The van der Waals surface area contributed by atoms with Crippen LogP contribution in [-0.2, 0) is 0 Å². The molecule has 3 rings (SSSR count). The van der Waals surface area contributed by atoms with Gasteiger partial charge in [-0.1, -0.05) is 102 Å². The molecule has 30 heavy (non-hydrogen) atoms. The molecular formula is C29H47F. The Morgan fingerprint density at radius 2 is 1.20 bits per heavy atom. The third kappa shape index (κ3) is 7.69. The standard InChI is InChI=1S/C29H47F/c1-2-3-4-5-6-7-8-9-10-13-24-16-18-25(19-17-24)26-20-22-27(23-21-26)28-14-11-12-15-29(28)30/h11-12,14-15,24-27H,2-10,13,16-23H2,1H3. The zero-order valence-corrected chi connectivity index (χ0v) is 19.7. The lowest BCUT2D eigenvalue weighted by molar-refractivity contribution is 0.155. The number of halogens is 1. The topological polar surface area (TPSA) is 0 Å². The minimum atomic E-state index is 0.0120. The van der Waals surface area contributed by atoms with Gasteiger partial charge in [0.15, 0.2) is 0 Å². The zero-order chi connectivity index (χ0) is 21.0. The molecule has 0 amide bonds. The summed E-state index contributed by atoms with van der Waals surface area (Å²) in [7, 11) is 0. The number of unbranched alkanes of at least 4 members (excludes halogenated alkanes) is 8. The average Bonchev–Trinajstić information content (AvgIpc) is 2.79. The lowest BCUT2D eigenvalue weighted by atomic mass is 9.68. The van der Waals surface area contributed by atoms with Crippen molar-refractivity contribution in [3.05, 3.63) is 35.6 Å². The molecule has 0 N–H and O–H groups in total. The van der Waals surface area contributed by atoms with E-state index in [1.54, 1.807) is 6.07 Å². The molecule has 1 aromatic rings. The van der Waals surface area contributed by atoms with Gasteiger partial charge in [0.25, 0.3) is 0 Å². The van der Waals surface area contributed by atoms with E-state index in [0.29, 0.717) is 5.92 Å². The highest BCUT2D eigenvalue weighted by Gasteiger charge is 2.31. The maximum atomic E-state index is 14.1. The minimum Gasteiger partial charge on any atom is -0.207 e. The molecule has 2 aliphatic carbocycles. The highest BCUT2D eigenvalue weighted by molar-refractivity contribution is 5.22. The van der Waals surface area contributed by atoms with Gasteiger partial charge in [0.1, 0.15) is 5.82 Å². The summed E-state index contributed by atoms with van der Waals surface area (Å²) in [4.78, 5) is 0. The lowest BCUT2D eigenvalue weighted by Crippen LogP contribution is -2.25. The van der Waals surface area contributed by atoms with Crippen LogP contribution in [0.2, 0.25) is 0 Å². The summed E-state index contributed by atoms with van der Waals surface area (Å²) in [5.41, 5.74) is 0.973. The van der Waals surface area contributed by atoms with Crippen molar-refractivity contribution in [3.8, 4) is 0 Å². The third-order valence-electron chi connectivity index (χ3n) is 8.39. The fraction of sp³-hybridized carbons (Fsp3) is 0.793. The van der Waals surface area contributed by atoms with E-state index >= 15 is 0 Å². The van der Waals surface area contributed by atoms with Crippen molar-refractivity contribution in [2.75, 3.05) is 0 Å². The first-order chi connectivity index (χ1) is 14.8. The van der Waals surface area contributed by atoms with Gasteiger partial charge in [0.05, 0.1) is 0 Å². The Morgan fingerprint density at radius 3 is 1.80 bits per heavy atom. The predicted octanol–water partition coefficient (Wildman–Crippen LogP) is 9.83. The predicted molar refractivity (Wildman–Crippen MR) is 128 cm³/mol. The van der Waals surface area contributed by atoms with Gasteiger partial charge < -0.3 is 0 Å². The van der Waals surface area contributed by atoms with Gasteiger partial charge in [0.2, 0.25) is 0 Å². The molecule has 0 radical (unpaired) electrons. The minimum absolute atomic E-state index is 0.0120. The van der Waals surface area contributed by atoms with Crippen LogP contribution in [0.3, 0.4) is 0 Å². The largest absolute Gasteiger partial charge is 0.207 e. The van der Waals surface area contributed by atoms with E-state index in [4.69, 9.17) is 0 Å². The fourth-order valence-electron chi connectivity index (χ4n) is 6.40. The molecule has 0 heterocycles. The van der Waals surface area contributed by atoms with Crippen molar-refractivity contribution in [3.63, 3.8) is 0 Å². The summed E-state index contributed by atoms with van der Waals surface area (Å²) in [5.74, 6) is 3.37. The highest BCUT2D eigenvalue weighted by Crippen LogP contribution is 2.44. The van der Waals surface area contributed by atoms with Crippen LogP contribution in [0.1, 0.15) is 134 Å². The first kappa shape index (κ1) is 23.8. The van der Waals surface area contributed by atoms with E-state index in [1.807, 2.05) is 18.2 Å². The van der Waals surface area contributed by atoms with Crippen LogP contribution in [0, 0.1) is 23.6 Å². The molecule has 2 fully saturated rings. The summed E-state index contributed by atoms with van der Waals surface area (Å²) in [6.07, 6.45) is 25.5. The molecule has 2 saturated carbocycles. The van der Waals surface area contributed by atoms with Crippen LogP contribution in [0.4, 0.5) is 4.39 Å². The summed E-state index contributed by atoms with van der Waals surface area (Å²) >= 11 is 0. The third-order valence-corrected chi connectivity index (χ3v) is 8.39. The molecular weight excluding hydrogens is 367 g/mol. The van der Waals surface area contributed by atoms with Gasteiger partial charge in [-0.3, -0.25) is 0 Å². The van der Waals surface area contributed by atoms with Crippen LogP contribution in [-0.4, -0.2) is 0 Å². The van der Waals surface area contributed by atoms with Crippen LogP contribution in [0.25, 0.3) is 0 Å². The van der Waals surface area contributed by atoms with Crippen molar-refractivity contribution in [2.45, 2.75) is 128 Å². The Morgan fingerprint density at radius 1 is 0.667 bits per heavy atom. The molecule has 0 aliphatic heterocycles. The Hall–Kier alpha value is -0.850. The van der Waals surface area contributed by atoms with Gasteiger partial charge in [0, 0.05) is 0 Å². The second-order valence-corrected chi connectivity index (χ2v) is 10.5. The number of hydrogen-bond acceptors (Lipinski definition) is 0. The van der Waals surface area contributed by atoms with Crippen molar-refractivity contribution >= 4 is 0 Å². The quantitative estimate of drug-likeness (QED) is 0.298. The molecule has 170 valence electrons. The second-order valence-electron chi connectivity index (χ2n) is 10.5. The SMILES string of the molecule is CCCCCCCCCCCC1CCC(C2CCC(c3ccccc3F)CC2)CC1. The van der Waals surface area contributed by atoms with Crippen molar-refractivity contribution in [1.82, 2.24) is 0 Å². The Bertz CT molecular complexity index is 563. The molecule has 2 aliphatic rings. The molecule has 1 aromatic carbocycles. The summed E-state index contributed by atoms with van der Waals surface area (Å²) in [5, 5.41) is 0. The van der Waals surface area contributed by atoms with Crippen LogP contribution in [0.5, 0.6) is 0 Å². The maximum absolute atomic E-state index is 14.1. The van der Waals surface area contributed by atoms with Crippen molar-refractivity contribution < 1.29 is 4.39 Å². The molecule has 0 atom stereocenters. The molecule has 1 heteroatoms. The van der Waals surface area contributed by atoms with E-state index in [1.165, 1.54) is 116 Å². The molecule has 0 spiro atoms. The van der Waals surface area contributed by atoms with Gasteiger partial charge in [-0.05, 0) is 73.8 Å². The van der Waals surface area contributed by atoms with E-state index in [9.17, 15) is 4.39 Å². The van der Waals surface area contributed by atoms with Gasteiger partial charge >= 0.3 is 0 Å². The Labute approximate surface area is 186 Å². The average molecular weight is 415 g/mol. The summed E-state index contributed by atoms with van der Waals surface area (Å²) in [6.45, 7) is 2.30. The Balaban J connectivity index is 1.24. The highest BCUT2D eigenvalue weighted by atomic mass is 19.1. The normalized spacial score (nSPS) is 27.3. The van der Waals surface area contributed by atoms with Crippen molar-refractivity contribution in [1.29, 1.82) is 0 Å². The molecule has 0 unspecified atom stereocenters. The first-order valence-electron chi connectivity index (χ1n) is 13.5. The number of rotatable bonds is 12. The fourth-order valence-corrected chi connectivity index (χ4v) is 6.40. The van der Waals surface area contributed by atoms with Crippen LogP contribution < -0.4 is 0 Å². The molecule has 0 saturated heterocycles. The smallest absolute Gasteiger partial charge is 0.126 e. The Kier molecular flexibility index (Phi) is 10.7. The molecule has 0 aromatic heterocycles.